The minimum atomic E-state index is -0.659. The first kappa shape index (κ1) is 11.9. The van der Waals surface area contributed by atoms with Gasteiger partial charge in [0.2, 0.25) is 5.91 Å². The quantitative estimate of drug-likeness (QED) is 0.831. The molecule has 1 saturated heterocycles. The molecule has 1 amide bonds. The highest BCUT2D eigenvalue weighted by atomic mass is 16.5. The Kier molecular flexibility index (Phi) is 3.33. The Balaban J connectivity index is 2.17. The smallest absolute Gasteiger partial charge is 0.243 e. The van der Waals surface area contributed by atoms with Gasteiger partial charge in [0.1, 0.15) is 5.54 Å². The van der Waals surface area contributed by atoms with E-state index in [4.69, 9.17) is 10.5 Å². The van der Waals surface area contributed by atoms with E-state index in [0.29, 0.717) is 26.1 Å². The molecule has 0 saturated carbocycles. The van der Waals surface area contributed by atoms with Crippen molar-refractivity contribution in [2.24, 2.45) is 5.73 Å². The number of rotatable bonds is 3. The summed E-state index contributed by atoms with van der Waals surface area (Å²) in [6.07, 6.45) is 1.24. The van der Waals surface area contributed by atoms with Gasteiger partial charge in [-0.15, -0.1) is 0 Å². The largest absolute Gasteiger partial charge is 0.381 e. The summed E-state index contributed by atoms with van der Waals surface area (Å²) in [5.41, 5.74) is 6.98. The average Bonchev–Trinajstić information content (AvgIpc) is 2.33. The van der Waals surface area contributed by atoms with Crippen molar-refractivity contribution in [2.75, 3.05) is 18.5 Å². The van der Waals surface area contributed by atoms with Crippen LogP contribution < -0.4 is 11.1 Å². The van der Waals surface area contributed by atoms with Crippen molar-refractivity contribution in [1.29, 1.82) is 0 Å². The normalized spacial score (nSPS) is 18.6. The van der Waals surface area contributed by atoms with Crippen molar-refractivity contribution in [3.63, 3.8) is 0 Å². The first-order valence-corrected chi connectivity index (χ1v) is 5.85. The van der Waals surface area contributed by atoms with Gasteiger partial charge >= 0.3 is 0 Å². The number of primary amides is 1. The van der Waals surface area contributed by atoms with Crippen LogP contribution in [0.1, 0.15) is 18.4 Å². The van der Waals surface area contributed by atoms with E-state index < -0.39 is 5.54 Å². The number of hydrogen-bond donors (Lipinski definition) is 2. The van der Waals surface area contributed by atoms with E-state index in [0.717, 1.165) is 5.69 Å². The monoisotopic (exact) mass is 234 g/mol. The molecule has 1 aliphatic heterocycles. The second kappa shape index (κ2) is 4.75. The van der Waals surface area contributed by atoms with Crippen LogP contribution in [0, 0.1) is 6.92 Å². The Morgan fingerprint density at radius 2 is 1.88 bits per heavy atom. The Morgan fingerprint density at radius 1 is 1.29 bits per heavy atom. The van der Waals surface area contributed by atoms with E-state index in [1.54, 1.807) is 0 Å². The second-order valence-corrected chi connectivity index (χ2v) is 4.55. The van der Waals surface area contributed by atoms with Crippen LogP contribution in [0.25, 0.3) is 0 Å². The summed E-state index contributed by atoms with van der Waals surface area (Å²) in [5.74, 6) is -0.304. The third-order valence-corrected chi connectivity index (χ3v) is 3.25. The summed E-state index contributed by atoms with van der Waals surface area (Å²) in [6.45, 7) is 3.17. The van der Waals surface area contributed by atoms with E-state index in [2.05, 4.69) is 5.32 Å². The maximum Gasteiger partial charge on any atom is 0.243 e. The zero-order valence-electron chi connectivity index (χ0n) is 10.0. The maximum absolute atomic E-state index is 11.7. The summed E-state index contributed by atoms with van der Waals surface area (Å²) in [7, 11) is 0. The third kappa shape index (κ3) is 2.58. The van der Waals surface area contributed by atoms with Crippen LogP contribution in [0.3, 0.4) is 0 Å². The number of aryl methyl sites for hydroxylation is 1. The molecule has 0 atom stereocenters. The van der Waals surface area contributed by atoms with Gasteiger partial charge in [0.15, 0.2) is 0 Å². The second-order valence-electron chi connectivity index (χ2n) is 4.55. The predicted octanol–water partition coefficient (Wildman–Crippen LogP) is 1.44. The SMILES string of the molecule is Cc1ccc(NC2(C(N)=O)CCOCC2)cc1. The molecule has 1 fully saturated rings. The van der Waals surface area contributed by atoms with Crippen LogP contribution in [0.15, 0.2) is 24.3 Å². The minimum absolute atomic E-state index is 0.304. The van der Waals surface area contributed by atoms with Gasteiger partial charge in [0, 0.05) is 31.7 Å². The molecule has 1 heterocycles. The highest BCUT2D eigenvalue weighted by Crippen LogP contribution is 2.25. The number of hydrogen-bond acceptors (Lipinski definition) is 3. The maximum atomic E-state index is 11.7. The summed E-state index contributed by atoms with van der Waals surface area (Å²) < 4.78 is 5.28. The fraction of sp³-hybridized carbons (Fsp3) is 0.462. The fourth-order valence-corrected chi connectivity index (χ4v) is 2.07. The van der Waals surface area contributed by atoms with Crippen LogP contribution >= 0.6 is 0 Å². The molecule has 1 aromatic carbocycles. The number of carbonyl (C=O) groups excluding carboxylic acids is 1. The first-order valence-electron chi connectivity index (χ1n) is 5.85. The van der Waals surface area contributed by atoms with E-state index >= 15 is 0 Å². The molecule has 17 heavy (non-hydrogen) atoms. The molecule has 4 heteroatoms. The molecule has 1 aliphatic rings. The molecule has 2 rings (SSSR count). The zero-order chi connectivity index (χ0) is 12.3. The fourth-order valence-electron chi connectivity index (χ4n) is 2.07. The van der Waals surface area contributed by atoms with Gasteiger partial charge in [-0.3, -0.25) is 4.79 Å². The lowest BCUT2D eigenvalue weighted by atomic mass is 9.89. The summed E-state index contributed by atoms with van der Waals surface area (Å²) in [4.78, 5) is 11.7. The van der Waals surface area contributed by atoms with Crippen molar-refractivity contribution in [3.05, 3.63) is 29.8 Å². The first-order chi connectivity index (χ1) is 8.12. The number of ether oxygens (including phenoxy) is 1. The lowest BCUT2D eigenvalue weighted by molar-refractivity contribution is -0.125. The highest BCUT2D eigenvalue weighted by molar-refractivity contribution is 5.88. The molecule has 0 bridgehead atoms. The number of benzene rings is 1. The van der Waals surface area contributed by atoms with Gasteiger partial charge in [-0.25, -0.2) is 0 Å². The Hall–Kier alpha value is -1.55. The van der Waals surface area contributed by atoms with Crippen molar-refractivity contribution in [3.8, 4) is 0 Å². The van der Waals surface area contributed by atoms with Crippen LogP contribution in [0.5, 0.6) is 0 Å². The molecule has 92 valence electrons. The Morgan fingerprint density at radius 3 is 2.41 bits per heavy atom. The molecule has 0 unspecified atom stereocenters. The number of nitrogens with one attached hydrogen (secondary N) is 1. The highest BCUT2D eigenvalue weighted by Gasteiger charge is 2.38. The summed E-state index contributed by atoms with van der Waals surface area (Å²) in [5, 5.41) is 3.27. The van der Waals surface area contributed by atoms with E-state index in [1.165, 1.54) is 5.56 Å². The van der Waals surface area contributed by atoms with E-state index in [1.807, 2.05) is 31.2 Å². The van der Waals surface area contributed by atoms with Gasteiger partial charge in [-0.2, -0.15) is 0 Å². The molecule has 0 aromatic heterocycles. The van der Waals surface area contributed by atoms with Crippen molar-refractivity contribution in [2.45, 2.75) is 25.3 Å². The van der Waals surface area contributed by atoms with Crippen LogP contribution in [0.2, 0.25) is 0 Å². The molecule has 4 nitrogen and oxygen atoms in total. The van der Waals surface area contributed by atoms with Gasteiger partial charge < -0.3 is 15.8 Å². The summed E-state index contributed by atoms with van der Waals surface area (Å²) >= 11 is 0. The predicted molar refractivity (Wildman–Crippen MR) is 66.8 cm³/mol. The topological polar surface area (TPSA) is 64.3 Å². The van der Waals surface area contributed by atoms with Crippen molar-refractivity contribution >= 4 is 11.6 Å². The number of anilines is 1. The molecule has 3 N–H and O–H groups in total. The zero-order valence-corrected chi connectivity index (χ0v) is 10.0. The number of amides is 1. The number of nitrogens with two attached hydrogens (primary N) is 1. The van der Waals surface area contributed by atoms with Crippen molar-refractivity contribution < 1.29 is 9.53 Å². The molecule has 0 aliphatic carbocycles. The molecular formula is C13H18N2O2. The lowest BCUT2D eigenvalue weighted by Gasteiger charge is -2.35. The average molecular weight is 234 g/mol. The Labute approximate surface area is 101 Å². The van der Waals surface area contributed by atoms with Gasteiger partial charge in [-0.05, 0) is 19.1 Å². The molecule has 0 spiro atoms. The molecule has 1 aromatic rings. The molecule has 0 radical (unpaired) electrons. The van der Waals surface area contributed by atoms with Gasteiger partial charge in [0.05, 0.1) is 0 Å². The van der Waals surface area contributed by atoms with Gasteiger partial charge in [-0.1, -0.05) is 17.7 Å². The lowest BCUT2D eigenvalue weighted by Crippen LogP contribution is -2.53. The van der Waals surface area contributed by atoms with Crippen LogP contribution in [0.4, 0.5) is 5.69 Å². The summed E-state index contributed by atoms with van der Waals surface area (Å²) in [6, 6.07) is 7.96. The standard InChI is InChI=1S/C13H18N2O2/c1-10-2-4-11(5-3-10)15-13(12(14)16)6-8-17-9-7-13/h2-5,15H,6-9H2,1H3,(H2,14,16). The van der Waals surface area contributed by atoms with Crippen molar-refractivity contribution in [1.82, 2.24) is 0 Å². The van der Waals surface area contributed by atoms with E-state index in [-0.39, 0.29) is 5.91 Å². The molecular weight excluding hydrogens is 216 g/mol. The van der Waals surface area contributed by atoms with E-state index in [9.17, 15) is 4.79 Å². The van der Waals surface area contributed by atoms with Gasteiger partial charge in [0.25, 0.3) is 0 Å². The number of carbonyl (C=O) groups is 1. The van der Waals surface area contributed by atoms with Crippen LogP contribution in [-0.4, -0.2) is 24.7 Å². The third-order valence-electron chi connectivity index (χ3n) is 3.25. The minimum Gasteiger partial charge on any atom is -0.381 e. The Bertz CT molecular complexity index is 394. The van der Waals surface area contributed by atoms with Crippen LogP contribution in [-0.2, 0) is 9.53 Å².